The minimum absolute atomic E-state index is 0.466. The molecule has 1 heterocycles. The Kier molecular flexibility index (Phi) is 6.70. The van der Waals surface area contributed by atoms with E-state index in [9.17, 15) is 9.90 Å². The van der Waals surface area contributed by atoms with Crippen LogP contribution in [0.4, 0.5) is 5.82 Å². The maximum absolute atomic E-state index is 11.8. The van der Waals surface area contributed by atoms with Crippen molar-refractivity contribution in [1.82, 2.24) is 9.78 Å². The highest BCUT2D eigenvalue weighted by atomic mass is 16.5. The van der Waals surface area contributed by atoms with Crippen molar-refractivity contribution in [2.45, 2.75) is 31.9 Å². The van der Waals surface area contributed by atoms with Gasteiger partial charge in [-0.25, -0.2) is 4.79 Å². The standard InChI is InChI=1S/C26H27N3O3/c1-29-25(27-24(26(30)31)16-19-8-4-2-5-9-19)17-23(28-29)21-12-14-22(15-13-21)32-18-20-10-6-3-7-11-20/h2-4,6-8,10-15,17,24,27H,5,9,16,18H2,1H3,(H,30,31). The van der Waals surface area contributed by atoms with Crippen LogP contribution in [0.15, 0.2) is 84.5 Å². The van der Waals surface area contributed by atoms with E-state index in [2.05, 4.69) is 16.5 Å². The third-order valence-electron chi connectivity index (χ3n) is 5.46. The molecule has 4 rings (SSSR count). The van der Waals surface area contributed by atoms with Gasteiger partial charge in [0, 0.05) is 18.7 Å². The molecule has 1 unspecified atom stereocenters. The van der Waals surface area contributed by atoms with Gasteiger partial charge in [0.1, 0.15) is 24.2 Å². The molecule has 2 N–H and O–H groups in total. The first-order valence-electron chi connectivity index (χ1n) is 10.7. The van der Waals surface area contributed by atoms with Gasteiger partial charge in [0.05, 0.1) is 5.69 Å². The molecule has 1 aromatic heterocycles. The number of benzene rings is 2. The molecule has 1 aliphatic carbocycles. The number of hydrogen-bond donors (Lipinski definition) is 2. The summed E-state index contributed by atoms with van der Waals surface area (Å²) in [5, 5.41) is 17.4. The molecule has 1 atom stereocenters. The molecule has 0 saturated heterocycles. The second kappa shape index (κ2) is 10.0. The maximum Gasteiger partial charge on any atom is 0.326 e. The van der Waals surface area contributed by atoms with Crippen LogP contribution in [0.25, 0.3) is 11.3 Å². The zero-order valence-corrected chi connectivity index (χ0v) is 18.1. The predicted octanol–water partition coefficient (Wildman–Crippen LogP) is 5.20. The summed E-state index contributed by atoms with van der Waals surface area (Å²) in [5.41, 5.74) is 3.96. The largest absolute Gasteiger partial charge is 0.489 e. The Morgan fingerprint density at radius 3 is 2.66 bits per heavy atom. The van der Waals surface area contributed by atoms with E-state index in [0.29, 0.717) is 18.8 Å². The second-order valence-electron chi connectivity index (χ2n) is 7.87. The highest BCUT2D eigenvalue weighted by molar-refractivity contribution is 5.78. The first-order chi connectivity index (χ1) is 15.6. The third-order valence-corrected chi connectivity index (χ3v) is 5.46. The van der Waals surface area contributed by atoms with Crippen LogP contribution < -0.4 is 10.1 Å². The molecular weight excluding hydrogens is 402 g/mol. The van der Waals surface area contributed by atoms with Crippen molar-refractivity contribution >= 4 is 11.8 Å². The van der Waals surface area contributed by atoms with Gasteiger partial charge < -0.3 is 15.2 Å². The number of carbonyl (C=O) groups is 1. The zero-order valence-electron chi connectivity index (χ0n) is 18.1. The quantitative estimate of drug-likeness (QED) is 0.489. The highest BCUT2D eigenvalue weighted by Crippen LogP contribution is 2.26. The third kappa shape index (κ3) is 5.46. The van der Waals surface area contributed by atoms with Crippen LogP contribution in [0.5, 0.6) is 5.75 Å². The summed E-state index contributed by atoms with van der Waals surface area (Å²) in [5.74, 6) is 0.583. The second-order valence-corrected chi connectivity index (χ2v) is 7.87. The first-order valence-corrected chi connectivity index (χ1v) is 10.7. The number of aliphatic carboxylic acids is 1. The van der Waals surface area contributed by atoms with Gasteiger partial charge >= 0.3 is 5.97 Å². The molecular formula is C26H27N3O3. The number of aryl methyl sites for hydroxylation is 1. The minimum Gasteiger partial charge on any atom is -0.489 e. The SMILES string of the molecule is Cn1nc(-c2ccc(OCc3ccccc3)cc2)cc1NC(CC1=CC=CCC1)C(=O)O. The number of allylic oxidation sites excluding steroid dienone is 3. The fourth-order valence-electron chi connectivity index (χ4n) is 3.67. The lowest BCUT2D eigenvalue weighted by molar-refractivity contribution is -0.137. The first kappa shape index (κ1) is 21.4. The van der Waals surface area contributed by atoms with E-state index in [1.54, 1.807) is 4.68 Å². The Bertz CT molecular complexity index is 1110. The molecule has 6 nitrogen and oxygen atoms in total. The van der Waals surface area contributed by atoms with E-state index in [0.717, 1.165) is 41.0 Å². The average molecular weight is 430 g/mol. The van der Waals surface area contributed by atoms with Gasteiger partial charge in [0.15, 0.2) is 0 Å². The lowest BCUT2D eigenvalue weighted by Gasteiger charge is -2.18. The van der Waals surface area contributed by atoms with Crippen LogP contribution in [-0.2, 0) is 18.4 Å². The van der Waals surface area contributed by atoms with Crippen molar-refractivity contribution in [2.75, 3.05) is 5.32 Å². The smallest absolute Gasteiger partial charge is 0.326 e. The van der Waals surface area contributed by atoms with Gasteiger partial charge in [-0.3, -0.25) is 4.68 Å². The fraction of sp³-hybridized carbons (Fsp3) is 0.231. The minimum atomic E-state index is -0.872. The van der Waals surface area contributed by atoms with E-state index >= 15 is 0 Å². The maximum atomic E-state index is 11.8. The normalized spacial score (nSPS) is 14.0. The summed E-state index contributed by atoms with van der Waals surface area (Å²) in [7, 11) is 1.81. The molecule has 0 aliphatic heterocycles. The Hall–Kier alpha value is -3.80. The van der Waals surface area contributed by atoms with Gasteiger partial charge in [-0.15, -0.1) is 0 Å². The van der Waals surface area contributed by atoms with E-state index in [1.165, 1.54) is 0 Å². The fourth-order valence-corrected chi connectivity index (χ4v) is 3.67. The van der Waals surface area contributed by atoms with E-state index in [-0.39, 0.29) is 0 Å². The van der Waals surface area contributed by atoms with Crippen LogP contribution in [0.1, 0.15) is 24.8 Å². The van der Waals surface area contributed by atoms with Crippen LogP contribution in [0.2, 0.25) is 0 Å². The molecule has 0 fully saturated rings. The summed E-state index contributed by atoms with van der Waals surface area (Å²) in [6, 6.07) is 19.0. The van der Waals surface area contributed by atoms with E-state index in [4.69, 9.17) is 4.74 Å². The molecule has 2 aromatic carbocycles. The van der Waals surface area contributed by atoms with Crippen molar-refractivity contribution in [3.05, 3.63) is 90.0 Å². The number of rotatable bonds is 9. The van der Waals surface area contributed by atoms with Crippen molar-refractivity contribution < 1.29 is 14.6 Å². The number of anilines is 1. The molecule has 0 spiro atoms. The number of carboxylic acids is 1. The molecule has 32 heavy (non-hydrogen) atoms. The number of nitrogens with one attached hydrogen (secondary N) is 1. The Morgan fingerprint density at radius 1 is 1.19 bits per heavy atom. The predicted molar refractivity (Wildman–Crippen MR) is 126 cm³/mol. The van der Waals surface area contributed by atoms with Crippen molar-refractivity contribution in [3.8, 4) is 17.0 Å². The summed E-state index contributed by atoms with van der Waals surface area (Å²) in [4.78, 5) is 11.8. The number of ether oxygens (including phenoxy) is 1. The molecule has 0 radical (unpaired) electrons. The lowest BCUT2D eigenvalue weighted by atomic mass is 9.98. The van der Waals surface area contributed by atoms with Crippen molar-refractivity contribution in [3.63, 3.8) is 0 Å². The highest BCUT2D eigenvalue weighted by Gasteiger charge is 2.21. The van der Waals surface area contributed by atoms with Gasteiger partial charge in [-0.05, 0) is 49.1 Å². The Balaban J connectivity index is 1.42. The zero-order chi connectivity index (χ0) is 22.3. The summed E-state index contributed by atoms with van der Waals surface area (Å²) >= 11 is 0. The molecule has 6 heteroatoms. The summed E-state index contributed by atoms with van der Waals surface area (Å²) in [6.07, 6.45) is 8.42. The number of aromatic nitrogens is 2. The number of hydrogen-bond acceptors (Lipinski definition) is 4. The van der Waals surface area contributed by atoms with Crippen LogP contribution in [0, 0.1) is 0 Å². The van der Waals surface area contributed by atoms with Crippen LogP contribution in [0.3, 0.4) is 0 Å². The van der Waals surface area contributed by atoms with Gasteiger partial charge in [0.2, 0.25) is 0 Å². The molecule has 0 amide bonds. The Morgan fingerprint density at radius 2 is 1.97 bits per heavy atom. The topological polar surface area (TPSA) is 76.4 Å². The molecule has 3 aromatic rings. The van der Waals surface area contributed by atoms with Gasteiger partial charge in [-0.1, -0.05) is 54.1 Å². The molecule has 0 saturated carbocycles. The van der Waals surface area contributed by atoms with E-state index < -0.39 is 12.0 Å². The van der Waals surface area contributed by atoms with Crippen molar-refractivity contribution in [1.29, 1.82) is 0 Å². The van der Waals surface area contributed by atoms with Crippen molar-refractivity contribution in [2.24, 2.45) is 7.05 Å². The number of nitrogens with zero attached hydrogens (tertiary/aromatic N) is 2. The lowest BCUT2D eigenvalue weighted by Crippen LogP contribution is -2.30. The van der Waals surface area contributed by atoms with Crippen LogP contribution in [-0.4, -0.2) is 26.9 Å². The summed E-state index contributed by atoms with van der Waals surface area (Å²) in [6.45, 7) is 0.515. The molecule has 1 aliphatic rings. The monoisotopic (exact) mass is 429 g/mol. The van der Waals surface area contributed by atoms with Crippen LogP contribution >= 0.6 is 0 Å². The van der Waals surface area contributed by atoms with E-state index in [1.807, 2.05) is 79.9 Å². The van der Waals surface area contributed by atoms with Gasteiger partial charge in [0.25, 0.3) is 0 Å². The molecule has 164 valence electrons. The molecule has 0 bridgehead atoms. The van der Waals surface area contributed by atoms with Gasteiger partial charge in [-0.2, -0.15) is 5.10 Å². The average Bonchev–Trinajstić information content (AvgIpc) is 3.19. The number of carboxylic acid groups (broad SMARTS) is 1. The summed E-state index contributed by atoms with van der Waals surface area (Å²) < 4.78 is 7.53. The Labute approximate surface area is 187 Å².